The minimum Gasteiger partial charge on any atom is -0.357 e. The van der Waals surface area contributed by atoms with Gasteiger partial charge in [0.25, 0.3) is 17.0 Å². The first-order valence-corrected chi connectivity index (χ1v) is 14.0. The van der Waals surface area contributed by atoms with Gasteiger partial charge in [-0.3, -0.25) is 28.5 Å². The maximum atomic E-state index is 13.8. The number of pyridine rings is 1. The van der Waals surface area contributed by atoms with Gasteiger partial charge in [0.1, 0.15) is 23.1 Å². The van der Waals surface area contributed by atoms with E-state index in [1.807, 2.05) is 37.3 Å². The molecule has 39 heavy (non-hydrogen) atoms. The lowest BCUT2D eigenvalue weighted by Crippen LogP contribution is -2.33. The molecule has 2 fully saturated rings. The minimum atomic E-state index is -0.407. The van der Waals surface area contributed by atoms with Crippen LogP contribution in [-0.2, 0) is 18.4 Å². The highest BCUT2D eigenvalue weighted by molar-refractivity contribution is 8.27. The van der Waals surface area contributed by atoms with Crippen molar-refractivity contribution in [3.05, 3.63) is 78.3 Å². The van der Waals surface area contributed by atoms with Crippen molar-refractivity contribution in [2.75, 3.05) is 22.9 Å². The van der Waals surface area contributed by atoms with Crippen LogP contribution in [0.2, 0.25) is 0 Å². The van der Waals surface area contributed by atoms with Crippen LogP contribution in [0.3, 0.4) is 0 Å². The average Bonchev–Trinajstić information content (AvgIpc) is 3.60. The molecule has 0 N–H and O–H groups in total. The van der Waals surface area contributed by atoms with E-state index in [4.69, 9.17) is 12.2 Å². The number of carbonyl (C=O) groups excluding carboxylic acids is 1. The Morgan fingerprint density at radius 2 is 1.74 bits per heavy atom. The molecule has 0 aliphatic carbocycles. The van der Waals surface area contributed by atoms with Crippen molar-refractivity contribution >= 4 is 51.8 Å². The highest BCUT2D eigenvalue weighted by Gasteiger charge is 2.38. The van der Waals surface area contributed by atoms with Gasteiger partial charge in [-0.2, -0.15) is 5.26 Å². The Kier molecular flexibility index (Phi) is 7.09. The molecular formula is C28H28N6O3S2. The number of nitriles is 1. The van der Waals surface area contributed by atoms with Crippen LogP contribution in [0, 0.1) is 25.2 Å². The SMILES string of the molecule is CCn1c(N2CCCC2)c(/C=C2\SC(=S)N(c3c(C)n(C)n(-c4ccccc4)c3=O)C2=O)c(C)c(C#N)c1=O. The van der Waals surface area contributed by atoms with Gasteiger partial charge in [-0.05, 0) is 57.4 Å². The largest absolute Gasteiger partial charge is 0.357 e. The maximum absolute atomic E-state index is 13.8. The quantitative estimate of drug-likeness (QED) is 0.346. The lowest BCUT2D eigenvalue weighted by molar-refractivity contribution is -0.113. The van der Waals surface area contributed by atoms with E-state index in [0.717, 1.165) is 37.7 Å². The Bertz CT molecular complexity index is 1700. The standard InChI is InChI=1S/C28H28N6O3S2/c1-5-32-24(31-13-9-10-14-31)20(17(2)21(16-29)25(32)35)15-22-26(36)33(28(38)39-22)23-18(3)30(4)34(27(23)37)19-11-7-6-8-12-19/h6-8,11-12,15H,5,9-10,13-14H2,1-4H3/b22-15-. The monoisotopic (exact) mass is 560 g/mol. The molecule has 200 valence electrons. The van der Waals surface area contributed by atoms with E-state index >= 15 is 0 Å². The van der Waals surface area contributed by atoms with Crippen LogP contribution in [0.25, 0.3) is 11.8 Å². The summed E-state index contributed by atoms with van der Waals surface area (Å²) >= 11 is 6.74. The molecule has 0 spiro atoms. The summed E-state index contributed by atoms with van der Waals surface area (Å²) in [6.45, 7) is 7.36. The van der Waals surface area contributed by atoms with Gasteiger partial charge in [0.15, 0.2) is 4.32 Å². The summed E-state index contributed by atoms with van der Waals surface area (Å²) in [6, 6.07) is 11.3. The van der Waals surface area contributed by atoms with Crippen LogP contribution in [0.15, 0.2) is 44.8 Å². The fraction of sp³-hybridized carbons (Fsp3) is 0.321. The highest BCUT2D eigenvalue weighted by Crippen LogP contribution is 2.39. The van der Waals surface area contributed by atoms with Gasteiger partial charge >= 0.3 is 0 Å². The Labute approximate surface area is 235 Å². The number of aromatic nitrogens is 3. The summed E-state index contributed by atoms with van der Waals surface area (Å²) in [5.74, 6) is 0.305. The van der Waals surface area contributed by atoms with Crippen LogP contribution in [0.5, 0.6) is 0 Å². The molecule has 2 aromatic heterocycles. The predicted molar refractivity (Wildman–Crippen MR) is 159 cm³/mol. The zero-order valence-electron chi connectivity index (χ0n) is 22.2. The number of para-hydroxylation sites is 1. The summed E-state index contributed by atoms with van der Waals surface area (Å²) in [4.78, 5) is 44.4. The first-order chi connectivity index (χ1) is 18.7. The lowest BCUT2D eigenvalue weighted by atomic mass is 10.0. The van der Waals surface area contributed by atoms with E-state index in [0.29, 0.717) is 39.8 Å². The summed E-state index contributed by atoms with van der Waals surface area (Å²) in [7, 11) is 1.77. The van der Waals surface area contributed by atoms with Gasteiger partial charge in [0.2, 0.25) is 0 Å². The van der Waals surface area contributed by atoms with Crippen LogP contribution >= 0.6 is 24.0 Å². The molecule has 4 heterocycles. The second kappa shape index (κ2) is 10.4. The van der Waals surface area contributed by atoms with E-state index in [9.17, 15) is 19.6 Å². The number of hydrogen-bond acceptors (Lipinski definition) is 7. The first kappa shape index (κ1) is 26.7. The Balaban J connectivity index is 1.66. The second-order valence-electron chi connectivity index (χ2n) is 9.52. The smallest absolute Gasteiger partial charge is 0.296 e. The van der Waals surface area contributed by atoms with Gasteiger partial charge in [0.05, 0.1) is 16.3 Å². The number of nitrogens with zero attached hydrogens (tertiary/aromatic N) is 6. The summed E-state index contributed by atoms with van der Waals surface area (Å²) in [6.07, 6.45) is 3.72. The predicted octanol–water partition coefficient (Wildman–Crippen LogP) is 3.85. The number of hydrogen-bond donors (Lipinski definition) is 0. The van der Waals surface area contributed by atoms with Crippen LogP contribution < -0.4 is 20.9 Å². The number of thiocarbonyl (C=S) groups is 1. The molecule has 11 heteroatoms. The molecule has 0 atom stereocenters. The molecule has 2 saturated heterocycles. The van der Waals surface area contributed by atoms with Crippen LogP contribution in [-0.4, -0.2) is 37.2 Å². The summed E-state index contributed by atoms with van der Waals surface area (Å²) < 4.78 is 5.09. The van der Waals surface area contributed by atoms with Gasteiger partial charge < -0.3 is 4.90 Å². The maximum Gasteiger partial charge on any atom is 0.296 e. The third kappa shape index (κ3) is 4.24. The van der Waals surface area contributed by atoms with Gasteiger partial charge in [0, 0.05) is 32.2 Å². The molecule has 3 aromatic rings. The summed E-state index contributed by atoms with van der Waals surface area (Å²) in [5.41, 5.74) is 2.05. The fourth-order valence-corrected chi connectivity index (χ4v) is 6.56. The second-order valence-corrected chi connectivity index (χ2v) is 11.2. The first-order valence-electron chi connectivity index (χ1n) is 12.8. The molecule has 9 nitrogen and oxygen atoms in total. The number of carbonyl (C=O) groups is 1. The third-order valence-corrected chi connectivity index (χ3v) is 8.69. The van der Waals surface area contributed by atoms with Crippen LogP contribution in [0.1, 0.15) is 42.1 Å². The van der Waals surface area contributed by atoms with E-state index in [-0.39, 0.29) is 26.7 Å². The highest BCUT2D eigenvalue weighted by atomic mass is 32.2. The molecule has 1 aromatic carbocycles. The van der Waals surface area contributed by atoms with Gasteiger partial charge in [-0.1, -0.05) is 42.2 Å². The zero-order chi connectivity index (χ0) is 28.0. The molecule has 0 bridgehead atoms. The van der Waals surface area contributed by atoms with Crippen molar-refractivity contribution in [1.82, 2.24) is 13.9 Å². The molecule has 0 radical (unpaired) electrons. The number of thioether (sulfide) groups is 1. The topological polar surface area (TPSA) is 96.3 Å². The minimum absolute atomic E-state index is 0.0613. The number of benzene rings is 1. The molecule has 5 rings (SSSR count). The van der Waals surface area contributed by atoms with E-state index in [2.05, 4.69) is 11.0 Å². The number of amides is 1. The summed E-state index contributed by atoms with van der Waals surface area (Å²) in [5, 5.41) is 9.79. The average molecular weight is 561 g/mol. The Morgan fingerprint density at radius 1 is 1.08 bits per heavy atom. The van der Waals surface area contributed by atoms with E-state index in [1.165, 1.54) is 9.58 Å². The Morgan fingerprint density at radius 3 is 2.36 bits per heavy atom. The van der Waals surface area contributed by atoms with Crippen molar-refractivity contribution in [1.29, 1.82) is 5.26 Å². The molecule has 0 unspecified atom stereocenters. The van der Waals surface area contributed by atoms with E-state index < -0.39 is 5.91 Å². The molecular weight excluding hydrogens is 532 g/mol. The fourth-order valence-electron chi connectivity index (χ4n) is 5.31. The zero-order valence-corrected chi connectivity index (χ0v) is 23.9. The third-order valence-electron chi connectivity index (χ3n) is 7.38. The normalized spacial score (nSPS) is 16.5. The van der Waals surface area contributed by atoms with E-state index in [1.54, 1.807) is 36.2 Å². The van der Waals surface area contributed by atoms with Gasteiger partial charge in [-0.15, -0.1) is 0 Å². The van der Waals surface area contributed by atoms with Crippen LogP contribution in [0.4, 0.5) is 11.5 Å². The Hall–Kier alpha value is -3.88. The van der Waals surface area contributed by atoms with Crippen molar-refractivity contribution in [3.63, 3.8) is 0 Å². The molecule has 2 aliphatic heterocycles. The van der Waals surface area contributed by atoms with Crippen molar-refractivity contribution in [2.24, 2.45) is 7.05 Å². The molecule has 1 amide bonds. The molecule has 2 aliphatic rings. The lowest BCUT2D eigenvalue weighted by Gasteiger charge is -2.26. The van der Waals surface area contributed by atoms with Crippen molar-refractivity contribution in [3.8, 4) is 11.8 Å². The molecule has 0 saturated carbocycles. The number of anilines is 2. The number of rotatable bonds is 5. The van der Waals surface area contributed by atoms with Crippen molar-refractivity contribution < 1.29 is 4.79 Å². The van der Waals surface area contributed by atoms with Gasteiger partial charge in [-0.25, -0.2) is 4.68 Å². The van der Waals surface area contributed by atoms with Crippen molar-refractivity contribution in [2.45, 2.75) is 40.2 Å².